The lowest BCUT2D eigenvalue weighted by molar-refractivity contribution is 0.144. The molecule has 0 aromatic heterocycles. The molecule has 2 N–H and O–H groups in total. The maximum Gasteiger partial charge on any atom is 0.123 e. The quantitative estimate of drug-likeness (QED) is 0.680. The van der Waals surface area contributed by atoms with Gasteiger partial charge in [0.05, 0.1) is 7.11 Å². The van der Waals surface area contributed by atoms with Crippen LogP contribution >= 0.6 is 0 Å². The predicted molar refractivity (Wildman–Crippen MR) is 67.5 cm³/mol. The van der Waals surface area contributed by atoms with Crippen molar-refractivity contribution in [2.75, 3.05) is 26.9 Å². The molecule has 0 aliphatic rings. The standard InChI is InChI=1S/C13H21NO3/c1-3-17-8-4-7-14-10-11-5-6-12(16-2)9-13(11)15/h5-6,9,14-15H,3-4,7-8,10H2,1-2H3. The number of hydrogen-bond acceptors (Lipinski definition) is 4. The molecule has 4 nitrogen and oxygen atoms in total. The first-order chi connectivity index (χ1) is 8.27. The van der Waals surface area contributed by atoms with Gasteiger partial charge < -0.3 is 19.9 Å². The Morgan fingerprint density at radius 1 is 1.35 bits per heavy atom. The molecule has 0 fully saturated rings. The van der Waals surface area contributed by atoms with Gasteiger partial charge >= 0.3 is 0 Å². The van der Waals surface area contributed by atoms with Gasteiger partial charge in [0.25, 0.3) is 0 Å². The van der Waals surface area contributed by atoms with E-state index in [0.717, 1.165) is 31.7 Å². The van der Waals surface area contributed by atoms with Crippen LogP contribution in [0.1, 0.15) is 18.9 Å². The van der Waals surface area contributed by atoms with Gasteiger partial charge in [0, 0.05) is 31.4 Å². The van der Waals surface area contributed by atoms with E-state index in [9.17, 15) is 5.11 Å². The number of hydrogen-bond donors (Lipinski definition) is 2. The molecule has 0 unspecified atom stereocenters. The molecule has 0 saturated carbocycles. The van der Waals surface area contributed by atoms with E-state index in [-0.39, 0.29) is 5.75 Å². The van der Waals surface area contributed by atoms with Crippen LogP contribution in [0.4, 0.5) is 0 Å². The van der Waals surface area contributed by atoms with E-state index in [1.807, 2.05) is 19.1 Å². The number of ether oxygens (including phenoxy) is 2. The summed E-state index contributed by atoms with van der Waals surface area (Å²) in [6.45, 7) is 5.06. The molecule has 0 atom stereocenters. The third-order valence-electron chi connectivity index (χ3n) is 2.45. The van der Waals surface area contributed by atoms with Crippen LogP contribution in [-0.4, -0.2) is 32.0 Å². The number of phenolic OH excluding ortho intramolecular Hbond substituents is 1. The summed E-state index contributed by atoms with van der Waals surface area (Å²) >= 11 is 0. The van der Waals surface area contributed by atoms with Crippen LogP contribution in [0, 0.1) is 0 Å². The Labute approximate surface area is 103 Å². The summed E-state index contributed by atoms with van der Waals surface area (Å²) in [5, 5.41) is 13.0. The Hall–Kier alpha value is -1.26. The molecule has 1 rings (SSSR count). The number of nitrogens with one attached hydrogen (secondary N) is 1. The molecule has 0 bridgehead atoms. The van der Waals surface area contributed by atoms with Crippen LogP contribution in [0.25, 0.3) is 0 Å². The Bertz CT molecular complexity index is 328. The molecule has 4 heteroatoms. The van der Waals surface area contributed by atoms with Crippen LogP contribution in [0.3, 0.4) is 0 Å². The highest BCUT2D eigenvalue weighted by Gasteiger charge is 2.02. The first kappa shape index (κ1) is 13.8. The monoisotopic (exact) mass is 239 g/mol. The Balaban J connectivity index is 2.27. The number of aromatic hydroxyl groups is 1. The van der Waals surface area contributed by atoms with Gasteiger partial charge in [0.2, 0.25) is 0 Å². The lowest BCUT2D eigenvalue weighted by atomic mass is 10.2. The molecule has 0 spiro atoms. The van der Waals surface area contributed by atoms with Crippen molar-refractivity contribution in [3.8, 4) is 11.5 Å². The molecule has 96 valence electrons. The molecule has 1 aromatic carbocycles. The normalized spacial score (nSPS) is 10.5. The molecule has 0 saturated heterocycles. The average molecular weight is 239 g/mol. The highest BCUT2D eigenvalue weighted by molar-refractivity contribution is 5.39. The van der Waals surface area contributed by atoms with Gasteiger partial charge in [-0.2, -0.15) is 0 Å². The molecule has 0 aliphatic carbocycles. The predicted octanol–water partition coefficient (Wildman–Crippen LogP) is 1.92. The van der Waals surface area contributed by atoms with Crippen molar-refractivity contribution in [3.05, 3.63) is 23.8 Å². The van der Waals surface area contributed by atoms with E-state index in [4.69, 9.17) is 9.47 Å². The van der Waals surface area contributed by atoms with Crippen molar-refractivity contribution in [2.24, 2.45) is 0 Å². The van der Waals surface area contributed by atoms with Crippen molar-refractivity contribution in [2.45, 2.75) is 19.9 Å². The molecule has 17 heavy (non-hydrogen) atoms. The van der Waals surface area contributed by atoms with Crippen molar-refractivity contribution in [3.63, 3.8) is 0 Å². The van der Waals surface area contributed by atoms with Crippen molar-refractivity contribution in [1.82, 2.24) is 5.32 Å². The van der Waals surface area contributed by atoms with Gasteiger partial charge in [-0.1, -0.05) is 6.07 Å². The largest absolute Gasteiger partial charge is 0.507 e. The molecule has 0 heterocycles. The first-order valence-electron chi connectivity index (χ1n) is 5.92. The summed E-state index contributed by atoms with van der Waals surface area (Å²) in [5.74, 6) is 0.934. The van der Waals surface area contributed by atoms with Crippen LogP contribution in [0.2, 0.25) is 0 Å². The molecular weight excluding hydrogens is 218 g/mol. The van der Waals surface area contributed by atoms with E-state index in [1.165, 1.54) is 0 Å². The molecular formula is C13H21NO3. The van der Waals surface area contributed by atoms with E-state index < -0.39 is 0 Å². The minimum absolute atomic E-state index is 0.265. The molecule has 0 aliphatic heterocycles. The highest BCUT2D eigenvalue weighted by Crippen LogP contribution is 2.22. The lowest BCUT2D eigenvalue weighted by Gasteiger charge is -2.08. The van der Waals surface area contributed by atoms with Gasteiger partial charge in [-0.25, -0.2) is 0 Å². The van der Waals surface area contributed by atoms with Gasteiger partial charge in [-0.05, 0) is 26.0 Å². The molecule has 0 amide bonds. The summed E-state index contributed by atoms with van der Waals surface area (Å²) in [4.78, 5) is 0. The Morgan fingerprint density at radius 2 is 2.18 bits per heavy atom. The maximum atomic E-state index is 9.72. The van der Waals surface area contributed by atoms with Gasteiger partial charge in [-0.15, -0.1) is 0 Å². The maximum absolute atomic E-state index is 9.72. The van der Waals surface area contributed by atoms with Crippen molar-refractivity contribution >= 4 is 0 Å². The fraction of sp³-hybridized carbons (Fsp3) is 0.538. The zero-order valence-corrected chi connectivity index (χ0v) is 10.5. The second kappa shape index (κ2) is 7.92. The van der Waals surface area contributed by atoms with Crippen LogP contribution in [0.15, 0.2) is 18.2 Å². The van der Waals surface area contributed by atoms with Crippen molar-refractivity contribution < 1.29 is 14.6 Å². The zero-order valence-electron chi connectivity index (χ0n) is 10.5. The fourth-order valence-corrected chi connectivity index (χ4v) is 1.49. The Kier molecular flexibility index (Phi) is 6.43. The van der Waals surface area contributed by atoms with Crippen LogP contribution < -0.4 is 10.1 Å². The minimum Gasteiger partial charge on any atom is -0.507 e. The lowest BCUT2D eigenvalue weighted by Crippen LogP contribution is -2.16. The van der Waals surface area contributed by atoms with Crippen LogP contribution in [0.5, 0.6) is 11.5 Å². The zero-order chi connectivity index (χ0) is 12.5. The van der Waals surface area contributed by atoms with E-state index in [1.54, 1.807) is 13.2 Å². The molecule has 0 radical (unpaired) electrons. The number of phenols is 1. The number of rotatable bonds is 8. The minimum atomic E-state index is 0.265. The number of methoxy groups -OCH3 is 1. The smallest absolute Gasteiger partial charge is 0.123 e. The molecule has 1 aromatic rings. The number of benzene rings is 1. The Morgan fingerprint density at radius 3 is 2.82 bits per heavy atom. The summed E-state index contributed by atoms with van der Waals surface area (Å²) in [6, 6.07) is 5.33. The van der Waals surface area contributed by atoms with Gasteiger partial charge in [0.1, 0.15) is 11.5 Å². The summed E-state index contributed by atoms with van der Waals surface area (Å²) in [6.07, 6.45) is 0.977. The first-order valence-corrected chi connectivity index (χ1v) is 5.92. The van der Waals surface area contributed by atoms with E-state index >= 15 is 0 Å². The second-order valence-electron chi connectivity index (χ2n) is 3.72. The van der Waals surface area contributed by atoms with Gasteiger partial charge in [0.15, 0.2) is 0 Å². The second-order valence-corrected chi connectivity index (χ2v) is 3.72. The highest BCUT2D eigenvalue weighted by atomic mass is 16.5. The van der Waals surface area contributed by atoms with Crippen molar-refractivity contribution in [1.29, 1.82) is 0 Å². The third-order valence-corrected chi connectivity index (χ3v) is 2.45. The fourth-order valence-electron chi connectivity index (χ4n) is 1.49. The van der Waals surface area contributed by atoms with Crippen LogP contribution in [-0.2, 0) is 11.3 Å². The van der Waals surface area contributed by atoms with Gasteiger partial charge in [-0.3, -0.25) is 0 Å². The van der Waals surface area contributed by atoms with E-state index in [0.29, 0.717) is 12.3 Å². The third kappa shape index (κ3) is 5.06. The summed E-state index contributed by atoms with van der Waals surface area (Å²) in [5.41, 5.74) is 0.877. The summed E-state index contributed by atoms with van der Waals surface area (Å²) < 4.78 is 10.3. The SMILES string of the molecule is CCOCCCNCc1ccc(OC)cc1O. The average Bonchev–Trinajstić information content (AvgIpc) is 2.35. The van der Waals surface area contributed by atoms with E-state index in [2.05, 4.69) is 5.32 Å². The summed E-state index contributed by atoms with van der Waals surface area (Å²) in [7, 11) is 1.58. The topological polar surface area (TPSA) is 50.7 Å².